The van der Waals surface area contributed by atoms with Crippen molar-refractivity contribution in [2.75, 3.05) is 19.8 Å². The summed E-state index contributed by atoms with van der Waals surface area (Å²) in [5.74, 6) is 1.52. The molecule has 0 aliphatic carbocycles. The molecule has 1 aromatic heterocycles. The van der Waals surface area contributed by atoms with E-state index in [1.807, 2.05) is 0 Å². The van der Waals surface area contributed by atoms with E-state index < -0.39 is 0 Å². The number of fused-ring (bicyclic) bond motifs is 1. The highest BCUT2D eigenvalue weighted by Gasteiger charge is 2.21. The summed E-state index contributed by atoms with van der Waals surface area (Å²) in [7, 11) is 0. The van der Waals surface area contributed by atoms with Crippen LogP contribution < -0.4 is 4.74 Å². The third-order valence-corrected chi connectivity index (χ3v) is 4.72. The van der Waals surface area contributed by atoms with Gasteiger partial charge in [-0.05, 0) is 30.2 Å². The van der Waals surface area contributed by atoms with Crippen molar-refractivity contribution in [3.8, 4) is 16.3 Å². The van der Waals surface area contributed by atoms with E-state index >= 15 is 0 Å². The van der Waals surface area contributed by atoms with Crippen LogP contribution in [0.5, 0.6) is 5.75 Å². The molecule has 1 saturated heterocycles. The monoisotopic (exact) mass is 273 g/mol. The normalized spacial score (nSPS) is 21.4. The standard InChI is InChI=1S/C15H15NO2S/c1-2-14-10(4-6-18-14)7-11(1)15-16-13(9-19-15)12-3-5-17-8-12/h1-2,7,9,12H,3-6,8H2/t12-/m1/s1. The van der Waals surface area contributed by atoms with E-state index in [-0.39, 0.29) is 0 Å². The van der Waals surface area contributed by atoms with Crippen LogP contribution >= 0.6 is 11.3 Å². The lowest BCUT2D eigenvalue weighted by molar-refractivity contribution is 0.193. The van der Waals surface area contributed by atoms with E-state index in [1.54, 1.807) is 11.3 Å². The number of hydrogen-bond donors (Lipinski definition) is 0. The van der Waals surface area contributed by atoms with E-state index in [0.717, 1.165) is 43.4 Å². The second kappa shape index (κ2) is 4.62. The first-order valence-electron chi connectivity index (χ1n) is 6.69. The minimum atomic E-state index is 0.489. The fraction of sp³-hybridized carbons (Fsp3) is 0.400. The maximum atomic E-state index is 5.54. The largest absolute Gasteiger partial charge is 0.493 e. The summed E-state index contributed by atoms with van der Waals surface area (Å²) in [6.07, 6.45) is 2.11. The van der Waals surface area contributed by atoms with E-state index in [2.05, 4.69) is 23.6 Å². The highest BCUT2D eigenvalue weighted by Crippen LogP contribution is 2.34. The van der Waals surface area contributed by atoms with Gasteiger partial charge < -0.3 is 9.47 Å². The summed E-state index contributed by atoms with van der Waals surface area (Å²) in [6, 6.07) is 6.39. The zero-order valence-corrected chi connectivity index (χ0v) is 11.4. The molecule has 0 radical (unpaired) electrons. The number of hydrogen-bond acceptors (Lipinski definition) is 4. The van der Waals surface area contributed by atoms with Crippen LogP contribution in [0.2, 0.25) is 0 Å². The highest BCUT2D eigenvalue weighted by atomic mass is 32.1. The van der Waals surface area contributed by atoms with Gasteiger partial charge in [0, 0.05) is 29.9 Å². The Labute approximate surface area is 116 Å². The van der Waals surface area contributed by atoms with Crippen LogP contribution in [0.1, 0.15) is 23.6 Å². The molecular formula is C15H15NO2S. The van der Waals surface area contributed by atoms with Crippen molar-refractivity contribution in [2.45, 2.75) is 18.8 Å². The maximum absolute atomic E-state index is 5.54. The van der Waals surface area contributed by atoms with Crippen molar-refractivity contribution in [2.24, 2.45) is 0 Å². The summed E-state index contributed by atoms with van der Waals surface area (Å²) in [6.45, 7) is 2.50. The minimum absolute atomic E-state index is 0.489. The van der Waals surface area contributed by atoms with Crippen molar-refractivity contribution in [1.29, 1.82) is 0 Å². The molecule has 0 amide bonds. The van der Waals surface area contributed by atoms with Crippen LogP contribution in [0.15, 0.2) is 23.6 Å². The first kappa shape index (κ1) is 11.4. The Kier molecular flexibility index (Phi) is 2.78. The van der Waals surface area contributed by atoms with E-state index in [0.29, 0.717) is 5.92 Å². The predicted octanol–water partition coefficient (Wildman–Crippen LogP) is 3.25. The van der Waals surface area contributed by atoms with Crippen molar-refractivity contribution < 1.29 is 9.47 Å². The van der Waals surface area contributed by atoms with Gasteiger partial charge in [0.1, 0.15) is 10.8 Å². The lowest BCUT2D eigenvalue weighted by Gasteiger charge is -2.03. The third kappa shape index (κ3) is 2.05. The fourth-order valence-corrected chi connectivity index (χ4v) is 3.59. The molecule has 2 aliphatic rings. The lowest BCUT2D eigenvalue weighted by atomic mass is 10.1. The lowest BCUT2D eigenvalue weighted by Crippen LogP contribution is -1.97. The molecular weight excluding hydrogens is 258 g/mol. The van der Waals surface area contributed by atoms with Gasteiger partial charge >= 0.3 is 0 Å². The minimum Gasteiger partial charge on any atom is -0.493 e. The first-order valence-corrected chi connectivity index (χ1v) is 7.57. The van der Waals surface area contributed by atoms with Crippen molar-refractivity contribution >= 4 is 11.3 Å². The van der Waals surface area contributed by atoms with Crippen molar-refractivity contribution in [1.82, 2.24) is 4.98 Å². The molecule has 4 rings (SSSR count). The molecule has 98 valence electrons. The van der Waals surface area contributed by atoms with Gasteiger partial charge in [-0.15, -0.1) is 11.3 Å². The Balaban J connectivity index is 1.65. The second-order valence-corrected chi connectivity index (χ2v) is 5.92. The van der Waals surface area contributed by atoms with Gasteiger partial charge in [-0.2, -0.15) is 0 Å². The molecule has 0 N–H and O–H groups in total. The van der Waals surface area contributed by atoms with Gasteiger partial charge in [-0.3, -0.25) is 0 Å². The Hall–Kier alpha value is -1.39. The number of benzene rings is 1. The fourth-order valence-electron chi connectivity index (χ4n) is 2.69. The number of ether oxygens (including phenoxy) is 2. The number of rotatable bonds is 2. The zero-order chi connectivity index (χ0) is 12.7. The molecule has 0 bridgehead atoms. The smallest absolute Gasteiger partial charge is 0.123 e. The SMILES string of the molecule is c1cc2c(cc1-c1nc([C@@H]3CCOC3)cs1)CCO2. The molecule has 1 atom stereocenters. The molecule has 1 aromatic carbocycles. The predicted molar refractivity (Wildman–Crippen MR) is 74.9 cm³/mol. The molecule has 0 saturated carbocycles. The zero-order valence-electron chi connectivity index (χ0n) is 10.6. The van der Waals surface area contributed by atoms with Crippen LogP contribution in [-0.4, -0.2) is 24.8 Å². The Bertz CT molecular complexity index is 602. The van der Waals surface area contributed by atoms with E-state index in [1.165, 1.54) is 16.8 Å². The summed E-state index contributed by atoms with van der Waals surface area (Å²) in [5.41, 5.74) is 3.70. The summed E-state index contributed by atoms with van der Waals surface area (Å²) in [5, 5.41) is 3.29. The number of aromatic nitrogens is 1. The van der Waals surface area contributed by atoms with Gasteiger partial charge in [0.05, 0.1) is 18.9 Å². The first-order chi connectivity index (χ1) is 9.40. The average molecular weight is 273 g/mol. The van der Waals surface area contributed by atoms with Crippen molar-refractivity contribution in [3.63, 3.8) is 0 Å². The quantitative estimate of drug-likeness (QED) is 0.841. The highest BCUT2D eigenvalue weighted by molar-refractivity contribution is 7.13. The Morgan fingerprint density at radius 2 is 2.26 bits per heavy atom. The molecule has 19 heavy (non-hydrogen) atoms. The maximum Gasteiger partial charge on any atom is 0.123 e. The molecule has 0 spiro atoms. The molecule has 3 nitrogen and oxygen atoms in total. The van der Waals surface area contributed by atoms with E-state index in [9.17, 15) is 0 Å². The van der Waals surface area contributed by atoms with Crippen LogP contribution in [-0.2, 0) is 11.2 Å². The van der Waals surface area contributed by atoms with Gasteiger partial charge in [0.2, 0.25) is 0 Å². The topological polar surface area (TPSA) is 31.4 Å². The number of nitrogens with zero attached hydrogens (tertiary/aromatic N) is 1. The number of thiazole rings is 1. The molecule has 4 heteroatoms. The van der Waals surface area contributed by atoms with Crippen LogP contribution in [0, 0.1) is 0 Å². The van der Waals surface area contributed by atoms with Crippen LogP contribution in [0.25, 0.3) is 10.6 Å². The van der Waals surface area contributed by atoms with Crippen LogP contribution in [0.4, 0.5) is 0 Å². The summed E-state index contributed by atoms with van der Waals surface area (Å²) < 4.78 is 11.0. The second-order valence-electron chi connectivity index (χ2n) is 5.06. The van der Waals surface area contributed by atoms with Crippen molar-refractivity contribution in [3.05, 3.63) is 34.8 Å². The summed E-state index contributed by atoms with van der Waals surface area (Å²) >= 11 is 1.73. The van der Waals surface area contributed by atoms with Gasteiger partial charge in [-0.25, -0.2) is 4.98 Å². The molecule has 3 heterocycles. The summed E-state index contributed by atoms with van der Waals surface area (Å²) in [4.78, 5) is 4.79. The molecule has 2 aromatic rings. The van der Waals surface area contributed by atoms with Gasteiger partial charge in [0.25, 0.3) is 0 Å². The molecule has 1 fully saturated rings. The van der Waals surface area contributed by atoms with E-state index in [4.69, 9.17) is 14.5 Å². The van der Waals surface area contributed by atoms with Gasteiger partial charge in [0.15, 0.2) is 0 Å². The molecule has 0 unspecified atom stereocenters. The van der Waals surface area contributed by atoms with Gasteiger partial charge in [-0.1, -0.05) is 0 Å². The van der Waals surface area contributed by atoms with Crippen LogP contribution in [0.3, 0.4) is 0 Å². The third-order valence-electron chi connectivity index (χ3n) is 3.81. The average Bonchev–Trinajstić information content (AvgIpc) is 3.18. The Morgan fingerprint density at radius 1 is 1.26 bits per heavy atom. The molecule has 2 aliphatic heterocycles. The Morgan fingerprint density at radius 3 is 3.16 bits per heavy atom.